The highest BCUT2D eigenvalue weighted by atomic mass is 32.1. The molecule has 6 heteroatoms. The van der Waals surface area contributed by atoms with Gasteiger partial charge in [-0.3, -0.25) is 0 Å². The SMILES string of the molecule is Cc1ccc(N(c2ccc(C)cc2)c2cc3c(c4sc5ccccc5c24)B2c4sc5ccc(C(C)(C)C)cc5c4Oc4cc(C)cc(c42)N3c2ccc(C(C)(C)C)cc2)cc1. The van der Waals surface area contributed by atoms with Crippen LogP contribution in [0.25, 0.3) is 30.3 Å². The van der Waals surface area contributed by atoms with Crippen molar-refractivity contribution in [1.82, 2.24) is 0 Å². The van der Waals surface area contributed by atoms with Gasteiger partial charge in [-0.15, -0.1) is 22.7 Å². The Bertz CT molecular complexity index is 3170. The molecule has 0 N–H and O–H groups in total. The van der Waals surface area contributed by atoms with Gasteiger partial charge in [-0.25, -0.2) is 0 Å². The Kier molecular flexibility index (Phi) is 8.50. The van der Waals surface area contributed by atoms with E-state index in [1.165, 1.54) is 90.8 Å². The van der Waals surface area contributed by atoms with E-state index in [0.717, 1.165) is 28.6 Å². The molecule has 0 spiro atoms. The zero-order valence-electron chi connectivity index (χ0n) is 36.4. The molecule has 3 nitrogen and oxygen atoms in total. The summed E-state index contributed by atoms with van der Waals surface area (Å²) in [5, 5.41) is 3.76. The second-order valence-corrected chi connectivity index (χ2v) is 21.4. The molecule has 0 saturated carbocycles. The van der Waals surface area contributed by atoms with E-state index in [0.29, 0.717) is 0 Å². The van der Waals surface area contributed by atoms with Crippen molar-refractivity contribution in [3.63, 3.8) is 0 Å². The van der Waals surface area contributed by atoms with Crippen LogP contribution in [0.2, 0.25) is 0 Å². The molecule has 2 aliphatic heterocycles. The molecule has 7 aromatic carbocycles. The third kappa shape index (κ3) is 6.05. The van der Waals surface area contributed by atoms with Gasteiger partial charge in [-0.2, -0.15) is 0 Å². The van der Waals surface area contributed by atoms with Crippen molar-refractivity contribution < 1.29 is 4.74 Å². The van der Waals surface area contributed by atoms with Crippen molar-refractivity contribution >= 4 is 109 Å². The molecule has 0 saturated heterocycles. The lowest BCUT2D eigenvalue weighted by Crippen LogP contribution is -2.58. The van der Waals surface area contributed by atoms with Gasteiger partial charge in [0, 0.05) is 63.5 Å². The van der Waals surface area contributed by atoms with Crippen LogP contribution in [0.4, 0.5) is 34.1 Å². The number of hydrogen-bond acceptors (Lipinski definition) is 5. The molecule has 300 valence electrons. The maximum Gasteiger partial charge on any atom is 0.270 e. The lowest BCUT2D eigenvalue weighted by atomic mass is 9.36. The van der Waals surface area contributed by atoms with Gasteiger partial charge in [-0.1, -0.05) is 113 Å². The van der Waals surface area contributed by atoms with Gasteiger partial charge in [0.2, 0.25) is 0 Å². The molecule has 0 unspecified atom stereocenters. The van der Waals surface area contributed by atoms with Crippen LogP contribution in [-0.2, 0) is 10.8 Å². The minimum Gasteiger partial charge on any atom is -0.457 e. The Morgan fingerprint density at radius 1 is 0.557 bits per heavy atom. The smallest absolute Gasteiger partial charge is 0.270 e. The summed E-state index contributed by atoms with van der Waals surface area (Å²) in [5.74, 6) is 1.96. The fourth-order valence-electron chi connectivity index (χ4n) is 9.54. The summed E-state index contributed by atoms with van der Waals surface area (Å²) in [6, 6.07) is 50.5. The lowest BCUT2D eigenvalue weighted by Gasteiger charge is -2.41. The maximum absolute atomic E-state index is 7.24. The number of hydrogen-bond donors (Lipinski definition) is 0. The van der Waals surface area contributed by atoms with Crippen molar-refractivity contribution in [3.05, 3.63) is 161 Å². The fraction of sp³-hybridized carbons (Fsp3) is 0.200. The lowest BCUT2D eigenvalue weighted by molar-refractivity contribution is 0.494. The summed E-state index contributed by atoms with van der Waals surface area (Å²) in [6.07, 6.45) is 0. The van der Waals surface area contributed by atoms with Crippen LogP contribution in [0.5, 0.6) is 11.5 Å². The number of aryl methyl sites for hydroxylation is 3. The summed E-state index contributed by atoms with van der Waals surface area (Å²) in [7, 11) is 0. The van der Waals surface area contributed by atoms with Crippen molar-refractivity contribution in [2.45, 2.75) is 73.1 Å². The van der Waals surface area contributed by atoms with Gasteiger partial charge in [0.05, 0.1) is 5.69 Å². The average molecular weight is 829 g/mol. The van der Waals surface area contributed by atoms with E-state index in [9.17, 15) is 0 Å². The first-order valence-electron chi connectivity index (χ1n) is 21.4. The van der Waals surface area contributed by atoms with Crippen LogP contribution in [0.3, 0.4) is 0 Å². The first-order valence-corrected chi connectivity index (χ1v) is 23.1. The third-order valence-corrected chi connectivity index (χ3v) is 15.2. The Balaban J connectivity index is 1.29. The number of fused-ring (bicyclic) bond motifs is 10. The Labute approximate surface area is 368 Å². The first-order chi connectivity index (χ1) is 29.2. The van der Waals surface area contributed by atoms with Crippen molar-refractivity contribution in [2.24, 2.45) is 0 Å². The summed E-state index contributed by atoms with van der Waals surface area (Å²) in [5.41, 5.74) is 15.9. The van der Waals surface area contributed by atoms with Gasteiger partial charge < -0.3 is 14.5 Å². The molecule has 2 aliphatic rings. The molecule has 4 heterocycles. The van der Waals surface area contributed by atoms with Crippen LogP contribution in [0.1, 0.15) is 69.4 Å². The standard InChI is InChI=1S/C55H49BN2OS2/c1-32-14-21-37(22-15-32)57(38-23-16-33(2)17-24-38)42-31-44-50(52-48(42)40-12-10-11-13-46(40)60-52)56-49-43(58(44)39-25-18-35(19-26-39)54(4,5)6)28-34(3)29-45(49)59-51-41-30-36(55(7,8)9)20-27-47(41)61-53(51)56/h10-31H,1-9H3. The predicted octanol–water partition coefficient (Wildman–Crippen LogP) is 14.7. The number of rotatable bonds is 4. The van der Waals surface area contributed by atoms with Crippen LogP contribution in [0.15, 0.2) is 133 Å². The van der Waals surface area contributed by atoms with Crippen LogP contribution >= 0.6 is 22.7 Å². The number of anilines is 6. The second-order valence-electron chi connectivity index (χ2n) is 19.3. The fourth-order valence-corrected chi connectivity index (χ4v) is 12.1. The average Bonchev–Trinajstić information content (AvgIpc) is 3.80. The van der Waals surface area contributed by atoms with E-state index >= 15 is 0 Å². The van der Waals surface area contributed by atoms with E-state index in [1.54, 1.807) is 0 Å². The quantitative estimate of drug-likeness (QED) is 0.164. The molecular weight excluding hydrogens is 780 g/mol. The molecule has 0 bridgehead atoms. The monoisotopic (exact) mass is 828 g/mol. The topological polar surface area (TPSA) is 15.7 Å². The molecule has 2 aromatic heterocycles. The minimum absolute atomic E-state index is 0.0141. The molecule has 0 atom stereocenters. The molecule has 61 heavy (non-hydrogen) atoms. The van der Waals surface area contributed by atoms with Gasteiger partial charge in [-0.05, 0) is 132 Å². The number of benzene rings is 7. The highest BCUT2D eigenvalue weighted by Gasteiger charge is 2.46. The van der Waals surface area contributed by atoms with E-state index in [1.807, 2.05) is 22.7 Å². The number of nitrogens with zero attached hydrogens (tertiary/aromatic N) is 2. The van der Waals surface area contributed by atoms with Crippen molar-refractivity contribution in [1.29, 1.82) is 0 Å². The summed E-state index contributed by atoms with van der Waals surface area (Å²) in [6.45, 7) is 20.3. The number of thiophene rings is 2. The van der Waals surface area contributed by atoms with E-state index in [-0.39, 0.29) is 17.5 Å². The van der Waals surface area contributed by atoms with Crippen molar-refractivity contribution in [3.8, 4) is 11.5 Å². The van der Waals surface area contributed by atoms with Gasteiger partial charge >= 0.3 is 0 Å². The molecule has 0 amide bonds. The summed E-state index contributed by atoms with van der Waals surface area (Å²) >= 11 is 3.83. The Morgan fingerprint density at radius 2 is 1.16 bits per heavy atom. The van der Waals surface area contributed by atoms with Gasteiger partial charge in [0.15, 0.2) is 0 Å². The Morgan fingerprint density at radius 3 is 1.82 bits per heavy atom. The van der Waals surface area contributed by atoms with E-state index in [4.69, 9.17) is 4.74 Å². The van der Waals surface area contributed by atoms with Crippen LogP contribution in [0, 0.1) is 20.8 Å². The maximum atomic E-state index is 7.24. The molecular formula is C55H49BN2OS2. The highest BCUT2D eigenvalue weighted by molar-refractivity contribution is 7.35. The zero-order valence-corrected chi connectivity index (χ0v) is 38.0. The molecule has 9 aromatic rings. The zero-order chi connectivity index (χ0) is 42.1. The summed E-state index contributed by atoms with van der Waals surface area (Å²) < 4.78 is 12.4. The van der Waals surface area contributed by atoms with Gasteiger partial charge in [0.25, 0.3) is 6.71 Å². The largest absolute Gasteiger partial charge is 0.457 e. The van der Waals surface area contributed by atoms with Crippen LogP contribution in [-0.4, -0.2) is 6.71 Å². The molecule has 0 aliphatic carbocycles. The Hall–Kier alpha value is -5.82. The summed E-state index contributed by atoms with van der Waals surface area (Å²) in [4.78, 5) is 5.03. The van der Waals surface area contributed by atoms with Crippen LogP contribution < -0.4 is 30.2 Å². The third-order valence-electron chi connectivity index (χ3n) is 12.8. The van der Waals surface area contributed by atoms with E-state index < -0.39 is 0 Å². The number of ether oxygens (including phenoxy) is 1. The minimum atomic E-state index is -0.0262. The van der Waals surface area contributed by atoms with Gasteiger partial charge in [0.1, 0.15) is 11.5 Å². The first kappa shape index (κ1) is 38.1. The van der Waals surface area contributed by atoms with E-state index in [2.05, 4.69) is 206 Å². The normalized spacial score (nSPS) is 13.4. The predicted molar refractivity (Wildman–Crippen MR) is 267 cm³/mol. The molecule has 0 fully saturated rings. The highest BCUT2D eigenvalue weighted by Crippen LogP contribution is 2.52. The molecule has 0 radical (unpaired) electrons. The second kappa shape index (κ2) is 13.6. The van der Waals surface area contributed by atoms with Crippen molar-refractivity contribution in [2.75, 3.05) is 9.80 Å². The molecule has 11 rings (SSSR count).